The quantitative estimate of drug-likeness (QED) is 0.435. The van der Waals surface area contributed by atoms with Gasteiger partial charge >= 0.3 is 157 Å². The number of rotatable bonds is 5. The summed E-state index contributed by atoms with van der Waals surface area (Å²) in [5.41, 5.74) is 0.327. The summed E-state index contributed by atoms with van der Waals surface area (Å²) in [6.07, 6.45) is -0.430. The molecule has 0 aliphatic rings. The molecule has 1 aromatic rings. The van der Waals surface area contributed by atoms with Crippen LogP contribution in [0.4, 0.5) is 10.5 Å². The van der Waals surface area contributed by atoms with E-state index in [1.807, 2.05) is 58.9 Å². The molecule has 5 nitrogen and oxygen atoms in total. The molecule has 0 saturated heterocycles. The molecular formula is C17H25ClN3O2Se. The standard InChI is InChI=1S/C17H25ClN3O2Se/c1-11(2)14(21-16(22)23-17(3,4)5)10-19-15(24)20-13-8-6-7-12(18)9-13/h6-9,11,14H,10H2,1-5H3,(H,19,20)(H,21,22). The van der Waals surface area contributed by atoms with E-state index in [0.717, 1.165) is 5.69 Å². The Bertz CT molecular complexity index is 585. The van der Waals surface area contributed by atoms with Gasteiger partial charge in [0.25, 0.3) is 0 Å². The zero-order valence-electron chi connectivity index (χ0n) is 14.7. The number of aliphatic imine (C=N–C) groups is 1. The monoisotopic (exact) mass is 418 g/mol. The van der Waals surface area contributed by atoms with Crippen molar-refractivity contribution in [3.8, 4) is 0 Å². The number of nitrogens with zero attached hydrogens (tertiary/aromatic N) is 1. The Morgan fingerprint density at radius 1 is 1.38 bits per heavy atom. The van der Waals surface area contributed by atoms with Crippen LogP contribution in [-0.4, -0.2) is 45.0 Å². The molecule has 0 fully saturated rings. The van der Waals surface area contributed by atoms with Crippen molar-refractivity contribution in [1.29, 1.82) is 0 Å². The molecule has 1 amide bonds. The third-order valence-corrected chi connectivity index (χ3v) is 3.73. The van der Waals surface area contributed by atoms with Crippen LogP contribution in [0.25, 0.3) is 0 Å². The molecule has 0 saturated carbocycles. The van der Waals surface area contributed by atoms with Crippen LogP contribution in [0.5, 0.6) is 0 Å². The van der Waals surface area contributed by atoms with Crippen molar-refractivity contribution < 1.29 is 9.53 Å². The zero-order valence-corrected chi connectivity index (χ0v) is 17.2. The van der Waals surface area contributed by atoms with E-state index in [1.165, 1.54) is 0 Å². The molecule has 7 heteroatoms. The average Bonchev–Trinajstić information content (AvgIpc) is 2.41. The Balaban J connectivity index is 2.63. The fourth-order valence-corrected chi connectivity index (χ4v) is 2.39. The van der Waals surface area contributed by atoms with Gasteiger partial charge in [-0.3, -0.25) is 0 Å². The molecule has 1 unspecified atom stereocenters. The van der Waals surface area contributed by atoms with Gasteiger partial charge in [-0.05, 0) is 0 Å². The first-order chi connectivity index (χ1) is 11.1. The van der Waals surface area contributed by atoms with Crippen molar-refractivity contribution in [2.45, 2.75) is 46.3 Å². The molecule has 2 N–H and O–H groups in total. The Morgan fingerprint density at radius 2 is 2.04 bits per heavy atom. The second-order valence-corrected chi connectivity index (χ2v) is 8.03. The molecule has 0 aliphatic carbocycles. The molecule has 1 atom stereocenters. The number of benzene rings is 1. The molecule has 0 heterocycles. The molecular weight excluding hydrogens is 393 g/mol. The maximum atomic E-state index is 11.9. The summed E-state index contributed by atoms with van der Waals surface area (Å²) in [6, 6.07) is 7.26. The molecule has 133 valence electrons. The van der Waals surface area contributed by atoms with Crippen LogP contribution in [0.15, 0.2) is 29.3 Å². The van der Waals surface area contributed by atoms with Crippen LogP contribution < -0.4 is 10.6 Å². The maximum absolute atomic E-state index is 11.9. The molecule has 0 aromatic heterocycles. The van der Waals surface area contributed by atoms with Gasteiger partial charge in [-0.15, -0.1) is 0 Å². The van der Waals surface area contributed by atoms with E-state index in [2.05, 4.69) is 31.6 Å². The van der Waals surface area contributed by atoms with Crippen LogP contribution >= 0.6 is 11.6 Å². The Kier molecular flexibility index (Phi) is 8.07. The van der Waals surface area contributed by atoms with E-state index in [4.69, 9.17) is 16.3 Å². The zero-order chi connectivity index (χ0) is 18.3. The third-order valence-electron chi connectivity index (χ3n) is 3.01. The number of alkyl carbamates (subject to hydrolysis) is 1. The van der Waals surface area contributed by atoms with Crippen molar-refractivity contribution in [1.82, 2.24) is 5.32 Å². The van der Waals surface area contributed by atoms with E-state index in [1.54, 1.807) is 0 Å². The van der Waals surface area contributed by atoms with Gasteiger partial charge in [0.15, 0.2) is 0 Å². The number of halogens is 1. The Labute approximate surface area is 157 Å². The van der Waals surface area contributed by atoms with Gasteiger partial charge in [0.05, 0.1) is 0 Å². The first-order valence-corrected chi connectivity index (χ1v) is 9.04. The number of hydrogen-bond acceptors (Lipinski definition) is 3. The van der Waals surface area contributed by atoms with Crippen LogP contribution in [0.3, 0.4) is 0 Å². The van der Waals surface area contributed by atoms with Crippen molar-refractivity contribution in [2.24, 2.45) is 10.9 Å². The first-order valence-electron chi connectivity index (χ1n) is 7.80. The average molecular weight is 418 g/mol. The number of amides is 1. The van der Waals surface area contributed by atoms with Gasteiger partial charge in [-0.1, -0.05) is 0 Å². The predicted molar refractivity (Wildman–Crippen MR) is 101 cm³/mol. The fraction of sp³-hybridized carbons (Fsp3) is 0.529. The SMILES string of the molecule is CC(C)C(CN=C([Se])Nc1cccc(Cl)c1)NC(=O)OC(C)(C)C. The molecule has 0 spiro atoms. The van der Waals surface area contributed by atoms with Crippen molar-refractivity contribution in [2.75, 3.05) is 11.9 Å². The minimum atomic E-state index is -0.521. The molecule has 24 heavy (non-hydrogen) atoms. The van der Waals surface area contributed by atoms with Gasteiger partial charge in [0.2, 0.25) is 0 Å². The normalized spacial score (nSPS) is 13.5. The van der Waals surface area contributed by atoms with Crippen molar-refractivity contribution >= 4 is 44.1 Å². The van der Waals surface area contributed by atoms with Crippen LogP contribution in [0.2, 0.25) is 5.02 Å². The predicted octanol–water partition coefficient (Wildman–Crippen LogP) is 3.83. The molecule has 1 rings (SSSR count). The summed E-state index contributed by atoms with van der Waals surface area (Å²) >= 11 is 8.84. The number of carbonyl (C=O) groups excluding carboxylic acids is 1. The number of hydrogen-bond donors (Lipinski definition) is 2. The molecule has 0 aliphatic heterocycles. The summed E-state index contributed by atoms with van der Waals surface area (Å²) in [5, 5.41) is 6.66. The summed E-state index contributed by atoms with van der Waals surface area (Å²) in [7, 11) is 0. The number of carbonyl (C=O) groups is 1. The number of anilines is 1. The van der Waals surface area contributed by atoms with Crippen LogP contribution in [-0.2, 0) is 4.74 Å². The first kappa shape index (κ1) is 20.8. The van der Waals surface area contributed by atoms with E-state index in [-0.39, 0.29) is 12.0 Å². The fourth-order valence-electron chi connectivity index (χ4n) is 1.79. The molecule has 1 aromatic carbocycles. The van der Waals surface area contributed by atoms with E-state index < -0.39 is 11.7 Å². The van der Waals surface area contributed by atoms with E-state index in [9.17, 15) is 4.79 Å². The van der Waals surface area contributed by atoms with E-state index >= 15 is 0 Å². The van der Waals surface area contributed by atoms with Crippen LogP contribution in [0.1, 0.15) is 34.6 Å². The second kappa shape index (κ2) is 9.30. The molecule has 0 bridgehead atoms. The Hall–Kier alpha value is -1.23. The number of nitrogens with one attached hydrogen (secondary N) is 2. The van der Waals surface area contributed by atoms with Crippen molar-refractivity contribution in [3.05, 3.63) is 29.3 Å². The van der Waals surface area contributed by atoms with Crippen LogP contribution in [0, 0.1) is 5.92 Å². The molecule has 1 radical (unpaired) electrons. The third kappa shape index (κ3) is 8.57. The Morgan fingerprint density at radius 3 is 2.58 bits per heavy atom. The van der Waals surface area contributed by atoms with E-state index in [0.29, 0.717) is 16.3 Å². The second-order valence-electron chi connectivity index (χ2n) is 6.78. The minimum absolute atomic E-state index is 0.121. The van der Waals surface area contributed by atoms with Gasteiger partial charge in [-0.2, -0.15) is 0 Å². The van der Waals surface area contributed by atoms with Crippen molar-refractivity contribution in [3.63, 3.8) is 0 Å². The number of ether oxygens (including phenoxy) is 1. The number of amidine groups is 1. The summed E-state index contributed by atoms with van der Waals surface area (Å²) in [5.74, 6) is 0.222. The van der Waals surface area contributed by atoms with Gasteiger partial charge < -0.3 is 0 Å². The summed E-state index contributed by atoms with van der Waals surface area (Å²) in [4.78, 5) is 16.4. The summed E-state index contributed by atoms with van der Waals surface area (Å²) < 4.78 is 5.93. The van der Waals surface area contributed by atoms with Gasteiger partial charge in [0.1, 0.15) is 0 Å². The van der Waals surface area contributed by atoms with Gasteiger partial charge in [-0.25, -0.2) is 0 Å². The van der Waals surface area contributed by atoms with Gasteiger partial charge in [0, 0.05) is 0 Å². The topological polar surface area (TPSA) is 62.7 Å². The summed E-state index contributed by atoms with van der Waals surface area (Å²) in [6.45, 7) is 10.0.